The molecular formula is C19H28Cl2N2O. The normalized spacial score (nSPS) is 17.7. The van der Waals surface area contributed by atoms with Gasteiger partial charge in [0.15, 0.2) is 0 Å². The Morgan fingerprint density at radius 1 is 1.17 bits per heavy atom. The highest BCUT2D eigenvalue weighted by molar-refractivity contribution is 6.42. The number of benzene rings is 1. The molecule has 1 saturated heterocycles. The zero-order chi connectivity index (χ0) is 17.7. The van der Waals surface area contributed by atoms with Crippen molar-refractivity contribution in [3.63, 3.8) is 0 Å². The minimum Gasteiger partial charge on any atom is -0.341 e. The summed E-state index contributed by atoms with van der Waals surface area (Å²) in [7, 11) is 1.94. The van der Waals surface area contributed by atoms with Crippen molar-refractivity contribution in [2.24, 2.45) is 0 Å². The molecule has 24 heavy (non-hydrogen) atoms. The molecule has 1 aliphatic heterocycles. The second kappa shape index (κ2) is 9.07. The smallest absolute Gasteiger partial charge is 0.227 e. The zero-order valence-corrected chi connectivity index (χ0v) is 16.4. The predicted molar refractivity (Wildman–Crippen MR) is 102 cm³/mol. The lowest BCUT2D eigenvalue weighted by Crippen LogP contribution is -2.51. The van der Waals surface area contributed by atoms with Crippen LogP contribution < -0.4 is 0 Å². The van der Waals surface area contributed by atoms with Gasteiger partial charge in [0.2, 0.25) is 5.91 Å². The number of amides is 1. The number of hydrogen-bond acceptors (Lipinski definition) is 2. The predicted octanol–water partition coefficient (Wildman–Crippen LogP) is 4.65. The van der Waals surface area contributed by atoms with Crippen LogP contribution in [-0.2, 0) is 11.2 Å². The molecule has 0 aliphatic carbocycles. The SMILES string of the molecule is CCC(C(CC)N(C)C(=O)Cc1ccc(Cl)c(Cl)c1)N1CCCC1. The number of halogens is 2. The fraction of sp³-hybridized carbons (Fsp3) is 0.632. The average molecular weight is 371 g/mol. The second-order valence-corrected chi connectivity index (χ2v) is 7.44. The fourth-order valence-corrected chi connectivity index (χ4v) is 4.11. The molecule has 5 heteroatoms. The Labute approximate surface area is 155 Å². The molecule has 0 aromatic heterocycles. The summed E-state index contributed by atoms with van der Waals surface area (Å²) in [4.78, 5) is 17.3. The van der Waals surface area contributed by atoms with Gasteiger partial charge >= 0.3 is 0 Å². The molecule has 0 saturated carbocycles. The second-order valence-electron chi connectivity index (χ2n) is 6.62. The maximum absolute atomic E-state index is 12.8. The molecule has 1 heterocycles. The van der Waals surface area contributed by atoms with Gasteiger partial charge in [0, 0.05) is 19.1 Å². The summed E-state index contributed by atoms with van der Waals surface area (Å²) in [6.45, 7) is 6.71. The summed E-state index contributed by atoms with van der Waals surface area (Å²) in [6.07, 6.45) is 4.95. The first-order chi connectivity index (χ1) is 11.5. The molecule has 0 bridgehead atoms. The van der Waals surface area contributed by atoms with Gasteiger partial charge in [-0.15, -0.1) is 0 Å². The monoisotopic (exact) mass is 370 g/mol. The van der Waals surface area contributed by atoms with Gasteiger partial charge in [0.05, 0.1) is 16.5 Å². The van der Waals surface area contributed by atoms with Crippen LogP contribution in [0.4, 0.5) is 0 Å². The molecule has 1 fully saturated rings. The van der Waals surface area contributed by atoms with E-state index in [0.717, 1.165) is 31.5 Å². The minimum absolute atomic E-state index is 0.137. The van der Waals surface area contributed by atoms with Crippen LogP contribution >= 0.6 is 23.2 Å². The third-order valence-electron chi connectivity index (χ3n) is 5.12. The standard InChI is InChI=1S/C19H28Cl2N2O/c1-4-17(18(5-2)23-10-6-7-11-23)22(3)19(24)13-14-8-9-15(20)16(21)12-14/h8-9,12,17-18H,4-7,10-11,13H2,1-3H3. The molecule has 2 atom stereocenters. The summed E-state index contributed by atoms with van der Waals surface area (Å²) in [6, 6.07) is 6.11. The van der Waals surface area contributed by atoms with Crippen molar-refractivity contribution in [2.45, 2.75) is 58.0 Å². The number of carbonyl (C=O) groups is 1. The van der Waals surface area contributed by atoms with Gasteiger partial charge in [-0.05, 0) is 56.5 Å². The van der Waals surface area contributed by atoms with Crippen LogP contribution in [0.5, 0.6) is 0 Å². The van der Waals surface area contributed by atoms with Gasteiger partial charge < -0.3 is 4.90 Å². The number of hydrogen-bond donors (Lipinski definition) is 0. The van der Waals surface area contributed by atoms with E-state index in [4.69, 9.17) is 23.2 Å². The quantitative estimate of drug-likeness (QED) is 0.697. The molecule has 1 aromatic rings. The number of rotatable bonds is 7. The lowest BCUT2D eigenvalue weighted by Gasteiger charge is -2.39. The van der Waals surface area contributed by atoms with Crippen molar-refractivity contribution in [3.05, 3.63) is 33.8 Å². The molecule has 3 nitrogen and oxygen atoms in total. The van der Waals surface area contributed by atoms with Crippen LogP contribution in [0.15, 0.2) is 18.2 Å². The Kier molecular flexibility index (Phi) is 7.39. The van der Waals surface area contributed by atoms with E-state index in [-0.39, 0.29) is 11.9 Å². The highest BCUT2D eigenvalue weighted by Crippen LogP contribution is 2.24. The molecule has 0 spiro atoms. The third kappa shape index (κ3) is 4.65. The van der Waals surface area contributed by atoms with Crippen molar-refractivity contribution in [1.29, 1.82) is 0 Å². The minimum atomic E-state index is 0.137. The molecule has 134 valence electrons. The highest BCUT2D eigenvalue weighted by atomic mass is 35.5. The van der Waals surface area contributed by atoms with Crippen LogP contribution in [0.25, 0.3) is 0 Å². The van der Waals surface area contributed by atoms with Crippen LogP contribution in [-0.4, -0.2) is 47.9 Å². The molecule has 2 unspecified atom stereocenters. The number of nitrogens with zero attached hydrogens (tertiary/aromatic N) is 2. The molecule has 1 amide bonds. The summed E-state index contributed by atoms with van der Waals surface area (Å²) in [5, 5.41) is 1.02. The Morgan fingerprint density at radius 2 is 1.83 bits per heavy atom. The average Bonchev–Trinajstić information content (AvgIpc) is 3.09. The topological polar surface area (TPSA) is 23.6 Å². The molecular weight excluding hydrogens is 343 g/mol. The van der Waals surface area contributed by atoms with Gasteiger partial charge in [-0.3, -0.25) is 9.69 Å². The van der Waals surface area contributed by atoms with Gasteiger partial charge in [0.1, 0.15) is 0 Å². The summed E-state index contributed by atoms with van der Waals surface area (Å²) < 4.78 is 0. The molecule has 1 aromatic carbocycles. The Morgan fingerprint density at radius 3 is 2.38 bits per heavy atom. The fourth-order valence-electron chi connectivity index (χ4n) is 3.78. The van der Waals surface area contributed by atoms with E-state index in [1.165, 1.54) is 12.8 Å². The maximum atomic E-state index is 12.8. The van der Waals surface area contributed by atoms with Crippen molar-refractivity contribution >= 4 is 29.1 Å². The largest absolute Gasteiger partial charge is 0.341 e. The van der Waals surface area contributed by atoms with Gasteiger partial charge in [0.25, 0.3) is 0 Å². The number of likely N-dealkylation sites (N-methyl/N-ethyl adjacent to an activating group) is 1. The first-order valence-corrected chi connectivity index (χ1v) is 9.67. The number of likely N-dealkylation sites (tertiary alicyclic amines) is 1. The van der Waals surface area contributed by atoms with E-state index in [1.54, 1.807) is 12.1 Å². The van der Waals surface area contributed by atoms with Crippen molar-refractivity contribution in [3.8, 4) is 0 Å². The zero-order valence-electron chi connectivity index (χ0n) is 14.9. The molecule has 1 aliphatic rings. The summed E-state index contributed by atoms with van der Waals surface area (Å²) in [5.74, 6) is 0.137. The number of carbonyl (C=O) groups excluding carboxylic acids is 1. The first-order valence-electron chi connectivity index (χ1n) is 8.91. The summed E-state index contributed by atoms with van der Waals surface area (Å²) in [5.41, 5.74) is 0.908. The van der Waals surface area contributed by atoms with E-state index in [9.17, 15) is 4.79 Å². The van der Waals surface area contributed by atoms with Gasteiger partial charge in [-0.2, -0.15) is 0 Å². The Hall–Kier alpha value is -0.770. The Balaban J connectivity index is 2.06. The maximum Gasteiger partial charge on any atom is 0.227 e. The molecule has 0 N–H and O–H groups in total. The highest BCUT2D eigenvalue weighted by Gasteiger charge is 2.31. The Bertz CT molecular complexity index is 558. The van der Waals surface area contributed by atoms with Crippen LogP contribution in [0, 0.1) is 0 Å². The van der Waals surface area contributed by atoms with Crippen molar-refractivity contribution < 1.29 is 4.79 Å². The van der Waals surface area contributed by atoms with Gasteiger partial charge in [-0.1, -0.05) is 43.1 Å². The summed E-state index contributed by atoms with van der Waals surface area (Å²) >= 11 is 12.0. The van der Waals surface area contributed by atoms with E-state index in [2.05, 4.69) is 18.7 Å². The van der Waals surface area contributed by atoms with Crippen LogP contribution in [0.2, 0.25) is 10.0 Å². The van der Waals surface area contributed by atoms with E-state index in [1.807, 2.05) is 18.0 Å². The van der Waals surface area contributed by atoms with E-state index < -0.39 is 0 Å². The van der Waals surface area contributed by atoms with Gasteiger partial charge in [-0.25, -0.2) is 0 Å². The first kappa shape index (κ1) is 19.6. The van der Waals surface area contributed by atoms with Crippen molar-refractivity contribution in [1.82, 2.24) is 9.80 Å². The lowest BCUT2D eigenvalue weighted by atomic mass is 9.99. The van der Waals surface area contributed by atoms with Crippen molar-refractivity contribution in [2.75, 3.05) is 20.1 Å². The van der Waals surface area contributed by atoms with Crippen LogP contribution in [0.3, 0.4) is 0 Å². The van der Waals surface area contributed by atoms with E-state index in [0.29, 0.717) is 22.5 Å². The van der Waals surface area contributed by atoms with E-state index >= 15 is 0 Å². The van der Waals surface area contributed by atoms with Crippen LogP contribution in [0.1, 0.15) is 45.1 Å². The lowest BCUT2D eigenvalue weighted by molar-refractivity contribution is -0.132. The molecule has 0 radical (unpaired) electrons. The molecule has 2 rings (SSSR count). The third-order valence-corrected chi connectivity index (χ3v) is 5.86.